The standard InChI is InChI=1S/C30H48O/c1-19(2)20-9-12-24-28(20,6)17-18-29(7)22-10-11-23-26(3,4)25(31)14-15-27(23,5)21(22)13-16-30(24,29)8/h13,19-20,22-24H,9-12,14-18H2,1-8H3/t20-,22+,23?,24?,27+,28-,29?,30+/m0/s1. The fourth-order valence-corrected chi connectivity index (χ4v) is 11.1. The van der Waals surface area contributed by atoms with Crippen LogP contribution in [0, 0.1) is 56.7 Å². The summed E-state index contributed by atoms with van der Waals surface area (Å²) in [5.41, 5.74) is 3.26. The largest absolute Gasteiger partial charge is 0.299 e. The van der Waals surface area contributed by atoms with Gasteiger partial charge in [-0.15, -0.1) is 0 Å². The third-order valence-corrected chi connectivity index (χ3v) is 13.0. The van der Waals surface area contributed by atoms with Crippen LogP contribution in [0.2, 0.25) is 0 Å². The lowest BCUT2D eigenvalue weighted by atomic mass is 9.36. The van der Waals surface area contributed by atoms with E-state index in [2.05, 4.69) is 61.5 Å². The van der Waals surface area contributed by atoms with Gasteiger partial charge in [0, 0.05) is 11.8 Å². The summed E-state index contributed by atoms with van der Waals surface area (Å²) in [7, 11) is 0. The van der Waals surface area contributed by atoms with Gasteiger partial charge in [-0.3, -0.25) is 4.79 Å². The van der Waals surface area contributed by atoms with Crippen LogP contribution in [0.1, 0.15) is 113 Å². The zero-order valence-corrected chi connectivity index (χ0v) is 21.7. The molecule has 0 aromatic carbocycles. The smallest absolute Gasteiger partial charge is 0.138 e. The highest BCUT2D eigenvalue weighted by atomic mass is 16.1. The molecule has 0 aliphatic heterocycles. The second kappa shape index (κ2) is 6.50. The van der Waals surface area contributed by atoms with Gasteiger partial charge in [0.1, 0.15) is 5.78 Å². The SMILES string of the molecule is CC(C)[C@@H]1CCC2[C@@]1(C)CCC1(C)[C@@H]3CCC4C(C)(C)C(=O)CC[C@]4(C)C3=CC[C@]21C. The molecule has 0 aromatic heterocycles. The van der Waals surface area contributed by atoms with Gasteiger partial charge < -0.3 is 0 Å². The van der Waals surface area contributed by atoms with Gasteiger partial charge in [-0.1, -0.05) is 67.0 Å². The Kier molecular flexibility index (Phi) is 4.66. The molecule has 1 heteroatoms. The Bertz CT molecular complexity index is 818. The molecule has 0 amide bonds. The van der Waals surface area contributed by atoms with Gasteiger partial charge >= 0.3 is 0 Å². The molecule has 0 saturated heterocycles. The molecule has 5 rings (SSSR count). The third kappa shape index (κ3) is 2.53. The Labute approximate surface area is 192 Å². The summed E-state index contributed by atoms with van der Waals surface area (Å²) in [6, 6.07) is 0. The van der Waals surface area contributed by atoms with E-state index in [1.165, 1.54) is 44.9 Å². The topological polar surface area (TPSA) is 17.1 Å². The summed E-state index contributed by atoms with van der Waals surface area (Å²) >= 11 is 0. The van der Waals surface area contributed by atoms with Crippen molar-refractivity contribution >= 4 is 5.78 Å². The van der Waals surface area contributed by atoms with E-state index in [9.17, 15) is 4.79 Å². The molecule has 1 nitrogen and oxygen atoms in total. The average molecular weight is 425 g/mol. The van der Waals surface area contributed by atoms with Crippen molar-refractivity contribution in [1.29, 1.82) is 0 Å². The van der Waals surface area contributed by atoms with E-state index < -0.39 is 0 Å². The lowest BCUT2D eigenvalue weighted by molar-refractivity contribution is -0.161. The highest BCUT2D eigenvalue weighted by Crippen LogP contribution is 2.76. The first-order valence-corrected chi connectivity index (χ1v) is 13.6. The molecule has 0 heterocycles. The Balaban J connectivity index is 1.56. The predicted octanol–water partition coefficient (Wildman–Crippen LogP) is 8.23. The highest BCUT2D eigenvalue weighted by molar-refractivity contribution is 5.85. The number of rotatable bonds is 1. The third-order valence-electron chi connectivity index (χ3n) is 13.0. The minimum absolute atomic E-state index is 0.151. The molecule has 31 heavy (non-hydrogen) atoms. The van der Waals surface area contributed by atoms with E-state index in [1.54, 1.807) is 5.57 Å². The number of hydrogen-bond donors (Lipinski definition) is 0. The van der Waals surface area contributed by atoms with E-state index in [0.29, 0.717) is 27.9 Å². The van der Waals surface area contributed by atoms with E-state index >= 15 is 0 Å². The first-order chi connectivity index (χ1) is 14.3. The maximum absolute atomic E-state index is 12.8. The molecule has 5 aliphatic rings. The summed E-state index contributed by atoms with van der Waals surface area (Å²) < 4.78 is 0. The van der Waals surface area contributed by atoms with Gasteiger partial charge in [-0.05, 0) is 103 Å². The number of carbonyl (C=O) groups is 1. The fourth-order valence-electron chi connectivity index (χ4n) is 11.1. The number of fused-ring (bicyclic) bond motifs is 7. The molecule has 174 valence electrons. The van der Waals surface area contributed by atoms with Crippen molar-refractivity contribution in [3.05, 3.63) is 11.6 Å². The van der Waals surface area contributed by atoms with Crippen LogP contribution in [0.4, 0.5) is 0 Å². The number of allylic oxidation sites excluding steroid dienone is 2. The van der Waals surface area contributed by atoms with Crippen LogP contribution in [0.5, 0.6) is 0 Å². The summed E-state index contributed by atoms with van der Waals surface area (Å²) in [6.45, 7) is 20.1. The minimum Gasteiger partial charge on any atom is -0.299 e. The van der Waals surface area contributed by atoms with Gasteiger partial charge in [0.2, 0.25) is 0 Å². The Morgan fingerprint density at radius 1 is 0.839 bits per heavy atom. The molecule has 4 saturated carbocycles. The van der Waals surface area contributed by atoms with Gasteiger partial charge in [0.15, 0.2) is 0 Å². The lowest BCUT2D eigenvalue weighted by Crippen LogP contribution is -2.61. The highest BCUT2D eigenvalue weighted by Gasteiger charge is 2.68. The van der Waals surface area contributed by atoms with Gasteiger partial charge in [-0.25, -0.2) is 0 Å². The van der Waals surface area contributed by atoms with Crippen LogP contribution in [0.3, 0.4) is 0 Å². The van der Waals surface area contributed by atoms with Crippen molar-refractivity contribution in [3.8, 4) is 0 Å². The number of hydrogen-bond acceptors (Lipinski definition) is 1. The van der Waals surface area contributed by atoms with E-state index in [0.717, 1.165) is 36.5 Å². The van der Waals surface area contributed by atoms with Crippen LogP contribution < -0.4 is 0 Å². The van der Waals surface area contributed by atoms with Gasteiger partial charge in [0.25, 0.3) is 0 Å². The molecule has 4 fully saturated rings. The zero-order chi connectivity index (χ0) is 22.6. The van der Waals surface area contributed by atoms with Crippen molar-refractivity contribution in [2.24, 2.45) is 56.7 Å². The summed E-state index contributed by atoms with van der Waals surface area (Å²) in [6.07, 6.45) is 14.2. The van der Waals surface area contributed by atoms with Gasteiger partial charge in [0.05, 0.1) is 0 Å². The van der Waals surface area contributed by atoms with Crippen molar-refractivity contribution in [1.82, 2.24) is 0 Å². The molecule has 0 spiro atoms. The summed E-state index contributed by atoms with van der Waals surface area (Å²) in [5, 5.41) is 0. The van der Waals surface area contributed by atoms with Gasteiger partial charge in [-0.2, -0.15) is 0 Å². The fraction of sp³-hybridized carbons (Fsp3) is 0.900. The van der Waals surface area contributed by atoms with Crippen molar-refractivity contribution in [2.75, 3.05) is 0 Å². The second-order valence-electron chi connectivity index (χ2n) is 14.4. The van der Waals surface area contributed by atoms with Crippen LogP contribution >= 0.6 is 0 Å². The number of ketones is 1. The molecule has 5 aliphatic carbocycles. The van der Waals surface area contributed by atoms with E-state index in [-0.39, 0.29) is 10.8 Å². The molecular formula is C30H48O. The van der Waals surface area contributed by atoms with Crippen LogP contribution in [0.15, 0.2) is 11.6 Å². The van der Waals surface area contributed by atoms with Crippen LogP contribution in [0.25, 0.3) is 0 Å². The zero-order valence-electron chi connectivity index (χ0n) is 21.7. The first-order valence-electron chi connectivity index (χ1n) is 13.6. The second-order valence-corrected chi connectivity index (χ2v) is 14.4. The quantitative estimate of drug-likeness (QED) is 0.387. The molecule has 0 N–H and O–H groups in total. The van der Waals surface area contributed by atoms with Crippen molar-refractivity contribution in [3.63, 3.8) is 0 Å². The Morgan fingerprint density at radius 3 is 2.19 bits per heavy atom. The van der Waals surface area contributed by atoms with Crippen LogP contribution in [-0.4, -0.2) is 5.78 Å². The Morgan fingerprint density at radius 2 is 1.52 bits per heavy atom. The summed E-state index contributed by atoms with van der Waals surface area (Å²) in [5.74, 6) is 4.37. The molecule has 3 unspecified atom stereocenters. The first kappa shape index (κ1) is 22.2. The molecular weight excluding hydrogens is 376 g/mol. The summed E-state index contributed by atoms with van der Waals surface area (Å²) in [4.78, 5) is 12.8. The molecule has 8 atom stereocenters. The van der Waals surface area contributed by atoms with E-state index in [1.807, 2.05) is 0 Å². The van der Waals surface area contributed by atoms with Crippen molar-refractivity contribution < 1.29 is 4.79 Å². The lowest BCUT2D eigenvalue weighted by Gasteiger charge is -2.68. The monoisotopic (exact) mass is 424 g/mol. The van der Waals surface area contributed by atoms with Crippen LogP contribution in [-0.2, 0) is 4.79 Å². The average Bonchev–Trinajstić information content (AvgIpc) is 3.05. The molecule has 0 bridgehead atoms. The normalized spacial score (nSPS) is 53.3. The molecule has 0 aromatic rings. The van der Waals surface area contributed by atoms with Crippen molar-refractivity contribution in [2.45, 2.75) is 113 Å². The maximum atomic E-state index is 12.8. The molecule has 0 radical (unpaired) electrons. The Hall–Kier alpha value is -0.590. The number of carbonyl (C=O) groups excluding carboxylic acids is 1. The number of Topliss-reactive ketones (excluding diaryl/α,β-unsaturated/α-hetero) is 1. The minimum atomic E-state index is -0.151. The maximum Gasteiger partial charge on any atom is 0.138 e. The van der Waals surface area contributed by atoms with E-state index in [4.69, 9.17) is 0 Å². The predicted molar refractivity (Wildman–Crippen MR) is 130 cm³/mol.